The van der Waals surface area contributed by atoms with Crippen molar-refractivity contribution in [2.75, 3.05) is 24.3 Å². The van der Waals surface area contributed by atoms with E-state index in [1.807, 2.05) is 32.3 Å². The summed E-state index contributed by atoms with van der Waals surface area (Å²) in [7, 11) is 4.02. The quantitative estimate of drug-likeness (QED) is 0.582. The standard InChI is InChI=1S/C26H32ClN3O2/c1-29(2)24-15-14-20(28-25(31)22-10-6-7-11-23(22)27)16-19(24)17-30(26(32)18-12-13-18)21-8-4-3-5-9-21/h6-7,10-11,14-16,18,21H,3-5,8-9,12-13,17H2,1-2H3,(H,28,31). The first-order valence-corrected chi connectivity index (χ1v) is 12.0. The molecule has 4 rings (SSSR count). The number of amides is 2. The number of anilines is 2. The average molecular weight is 454 g/mol. The van der Waals surface area contributed by atoms with Crippen LogP contribution < -0.4 is 10.2 Å². The summed E-state index contributed by atoms with van der Waals surface area (Å²) < 4.78 is 0. The van der Waals surface area contributed by atoms with Crippen LogP contribution in [0.15, 0.2) is 42.5 Å². The monoisotopic (exact) mass is 453 g/mol. The molecule has 0 heterocycles. The van der Waals surface area contributed by atoms with E-state index < -0.39 is 0 Å². The number of carbonyl (C=O) groups excluding carboxylic acids is 2. The smallest absolute Gasteiger partial charge is 0.257 e. The van der Waals surface area contributed by atoms with E-state index in [1.165, 1.54) is 19.3 Å². The largest absolute Gasteiger partial charge is 0.377 e. The van der Waals surface area contributed by atoms with E-state index >= 15 is 0 Å². The van der Waals surface area contributed by atoms with Crippen LogP contribution in [0.4, 0.5) is 11.4 Å². The van der Waals surface area contributed by atoms with E-state index in [2.05, 4.69) is 15.1 Å². The van der Waals surface area contributed by atoms with Gasteiger partial charge in [0.1, 0.15) is 0 Å². The van der Waals surface area contributed by atoms with E-state index in [0.29, 0.717) is 34.8 Å². The highest BCUT2D eigenvalue weighted by Crippen LogP contribution is 2.36. The van der Waals surface area contributed by atoms with Gasteiger partial charge in [0.15, 0.2) is 0 Å². The highest BCUT2D eigenvalue weighted by molar-refractivity contribution is 6.34. The van der Waals surface area contributed by atoms with Crippen LogP contribution in [0.5, 0.6) is 0 Å². The molecule has 2 aromatic rings. The van der Waals surface area contributed by atoms with Gasteiger partial charge in [-0.25, -0.2) is 0 Å². The summed E-state index contributed by atoms with van der Waals surface area (Å²) in [6.07, 6.45) is 7.82. The molecule has 2 aliphatic rings. The van der Waals surface area contributed by atoms with Crippen molar-refractivity contribution >= 4 is 34.8 Å². The molecule has 0 aromatic heterocycles. The summed E-state index contributed by atoms with van der Waals surface area (Å²) in [4.78, 5) is 30.2. The van der Waals surface area contributed by atoms with Crippen LogP contribution >= 0.6 is 11.6 Å². The fraction of sp³-hybridized carbons (Fsp3) is 0.462. The molecule has 0 spiro atoms. The first kappa shape index (κ1) is 22.7. The van der Waals surface area contributed by atoms with Crippen LogP contribution in [0.2, 0.25) is 5.02 Å². The Hall–Kier alpha value is -2.53. The van der Waals surface area contributed by atoms with Gasteiger partial charge in [-0.2, -0.15) is 0 Å². The number of nitrogens with zero attached hydrogens (tertiary/aromatic N) is 2. The molecule has 1 N–H and O–H groups in total. The molecule has 6 heteroatoms. The van der Waals surface area contributed by atoms with Gasteiger partial charge in [-0.3, -0.25) is 9.59 Å². The first-order valence-electron chi connectivity index (χ1n) is 11.6. The van der Waals surface area contributed by atoms with Crippen LogP contribution in [-0.4, -0.2) is 36.9 Å². The molecule has 0 aliphatic heterocycles. The second-order valence-corrected chi connectivity index (χ2v) is 9.61. The first-order chi connectivity index (χ1) is 15.4. The number of carbonyl (C=O) groups is 2. The Balaban J connectivity index is 1.60. The van der Waals surface area contributed by atoms with E-state index in [9.17, 15) is 9.59 Å². The van der Waals surface area contributed by atoms with Crippen molar-refractivity contribution in [3.8, 4) is 0 Å². The predicted molar refractivity (Wildman–Crippen MR) is 130 cm³/mol. The molecule has 2 saturated carbocycles. The van der Waals surface area contributed by atoms with Crippen molar-refractivity contribution in [1.29, 1.82) is 0 Å². The highest BCUT2D eigenvalue weighted by atomic mass is 35.5. The summed E-state index contributed by atoms with van der Waals surface area (Å²) >= 11 is 6.20. The van der Waals surface area contributed by atoms with Crippen molar-refractivity contribution in [1.82, 2.24) is 4.90 Å². The van der Waals surface area contributed by atoms with Crippen LogP contribution in [0.1, 0.15) is 60.9 Å². The second kappa shape index (κ2) is 9.95. The lowest BCUT2D eigenvalue weighted by Crippen LogP contribution is -2.42. The molecular formula is C26H32ClN3O2. The Labute approximate surface area is 195 Å². The van der Waals surface area contributed by atoms with Crippen LogP contribution in [0.25, 0.3) is 0 Å². The molecular weight excluding hydrogens is 422 g/mol. The summed E-state index contributed by atoms with van der Waals surface area (Å²) in [5.41, 5.74) is 3.26. The van der Waals surface area contributed by atoms with Gasteiger partial charge in [-0.05, 0) is 61.6 Å². The number of hydrogen-bond donors (Lipinski definition) is 1. The summed E-state index contributed by atoms with van der Waals surface area (Å²) in [5, 5.41) is 3.40. The Morgan fingerprint density at radius 1 is 1.00 bits per heavy atom. The normalized spacial score (nSPS) is 16.5. The molecule has 2 amide bonds. The van der Waals surface area contributed by atoms with Gasteiger partial charge in [-0.15, -0.1) is 0 Å². The number of rotatable bonds is 7. The lowest BCUT2D eigenvalue weighted by molar-refractivity contribution is -0.136. The fourth-order valence-corrected chi connectivity index (χ4v) is 4.82. The molecule has 0 unspecified atom stereocenters. The van der Waals surface area contributed by atoms with E-state index in [1.54, 1.807) is 24.3 Å². The lowest BCUT2D eigenvalue weighted by Gasteiger charge is -2.35. The van der Waals surface area contributed by atoms with Gasteiger partial charge in [-0.1, -0.05) is 43.0 Å². The van der Waals surface area contributed by atoms with Gasteiger partial charge in [0.05, 0.1) is 10.6 Å². The maximum Gasteiger partial charge on any atom is 0.257 e. The van der Waals surface area contributed by atoms with Gasteiger partial charge < -0.3 is 15.1 Å². The third-order valence-corrected chi connectivity index (χ3v) is 6.83. The summed E-state index contributed by atoms with van der Waals surface area (Å²) in [6.45, 7) is 0.573. The molecule has 2 aliphatic carbocycles. The fourth-order valence-electron chi connectivity index (χ4n) is 4.60. The van der Waals surface area contributed by atoms with Crippen molar-refractivity contribution in [3.05, 3.63) is 58.6 Å². The molecule has 170 valence electrons. The number of halogens is 1. The van der Waals surface area contributed by atoms with Crippen LogP contribution in [-0.2, 0) is 11.3 Å². The zero-order valence-corrected chi connectivity index (χ0v) is 19.7. The van der Waals surface area contributed by atoms with Crippen molar-refractivity contribution in [2.24, 2.45) is 5.92 Å². The third-order valence-electron chi connectivity index (χ3n) is 6.50. The van der Waals surface area contributed by atoms with E-state index in [0.717, 1.165) is 36.9 Å². The van der Waals surface area contributed by atoms with E-state index in [4.69, 9.17) is 11.6 Å². The molecule has 2 fully saturated rings. The summed E-state index contributed by atoms with van der Waals surface area (Å²) in [6, 6.07) is 13.3. The van der Waals surface area contributed by atoms with Crippen LogP contribution in [0.3, 0.4) is 0 Å². The highest BCUT2D eigenvalue weighted by Gasteiger charge is 2.37. The van der Waals surface area contributed by atoms with Crippen LogP contribution in [0, 0.1) is 5.92 Å². The number of hydrogen-bond acceptors (Lipinski definition) is 3. The Kier molecular flexibility index (Phi) is 7.04. The zero-order chi connectivity index (χ0) is 22.7. The molecule has 2 aromatic carbocycles. The third kappa shape index (κ3) is 5.26. The lowest BCUT2D eigenvalue weighted by atomic mass is 9.93. The van der Waals surface area contributed by atoms with E-state index in [-0.39, 0.29) is 11.8 Å². The SMILES string of the molecule is CN(C)c1ccc(NC(=O)c2ccccc2Cl)cc1CN(C(=O)C1CC1)C1CCCCC1. The minimum atomic E-state index is -0.239. The minimum Gasteiger partial charge on any atom is -0.377 e. The predicted octanol–water partition coefficient (Wildman–Crippen LogP) is 5.73. The summed E-state index contributed by atoms with van der Waals surface area (Å²) in [5.74, 6) is 0.257. The maximum atomic E-state index is 13.2. The second-order valence-electron chi connectivity index (χ2n) is 9.20. The average Bonchev–Trinajstić information content (AvgIpc) is 3.63. The molecule has 0 saturated heterocycles. The molecule has 5 nitrogen and oxygen atoms in total. The molecule has 32 heavy (non-hydrogen) atoms. The van der Waals surface area contributed by atoms with Crippen molar-refractivity contribution in [3.63, 3.8) is 0 Å². The molecule has 0 radical (unpaired) electrons. The Morgan fingerprint density at radius 2 is 1.72 bits per heavy atom. The van der Waals surface area contributed by atoms with Gasteiger partial charge in [0.25, 0.3) is 5.91 Å². The van der Waals surface area contributed by atoms with Gasteiger partial charge in [0, 0.05) is 44.0 Å². The molecule has 0 atom stereocenters. The number of benzene rings is 2. The Bertz CT molecular complexity index is 981. The Morgan fingerprint density at radius 3 is 2.38 bits per heavy atom. The maximum absolute atomic E-state index is 13.2. The van der Waals surface area contributed by atoms with Crippen molar-refractivity contribution < 1.29 is 9.59 Å². The van der Waals surface area contributed by atoms with Gasteiger partial charge in [0.2, 0.25) is 5.91 Å². The van der Waals surface area contributed by atoms with Gasteiger partial charge >= 0.3 is 0 Å². The topological polar surface area (TPSA) is 52.7 Å². The molecule has 0 bridgehead atoms. The van der Waals surface area contributed by atoms with Crippen molar-refractivity contribution in [2.45, 2.75) is 57.5 Å². The number of nitrogens with one attached hydrogen (secondary N) is 1. The zero-order valence-electron chi connectivity index (χ0n) is 18.9. The minimum absolute atomic E-state index is 0.197.